The van der Waals surface area contributed by atoms with Gasteiger partial charge in [0.05, 0.1) is 64.9 Å². The van der Waals surface area contributed by atoms with Gasteiger partial charge in [-0.2, -0.15) is 0 Å². The first-order valence-electron chi connectivity index (χ1n) is 17.7. The molecule has 1 heterocycles. The highest BCUT2D eigenvalue weighted by atomic mass is 31.2. The standard InChI is InChI=1S/C39H50NO12P/c1-38(2,3)52-53(44,49-30-27-46-25-24-45-23-13-20-37(43)51-40-35(41)21-22-36(40)42)50-31-28-47-26-29-48-39(32-14-7-4-8-15-32,33-16-9-5-10-17-33)34-18-11-6-12-19-34/h4-12,14-19H,13,20-31H2,1-3H3. The van der Waals surface area contributed by atoms with E-state index in [0.717, 1.165) is 16.7 Å². The number of carbonyl (C=O) groups excluding carboxylic acids is 3. The smallest absolute Gasteiger partial charge is 0.379 e. The van der Waals surface area contributed by atoms with Crippen LogP contribution in [-0.2, 0) is 61.9 Å². The molecule has 14 heteroatoms. The second-order valence-electron chi connectivity index (χ2n) is 12.9. The van der Waals surface area contributed by atoms with Gasteiger partial charge >= 0.3 is 13.8 Å². The van der Waals surface area contributed by atoms with Crippen molar-refractivity contribution in [3.05, 3.63) is 108 Å². The molecule has 53 heavy (non-hydrogen) atoms. The molecule has 1 fully saturated rings. The van der Waals surface area contributed by atoms with E-state index in [4.69, 9.17) is 37.4 Å². The Morgan fingerprint density at radius 1 is 0.623 bits per heavy atom. The summed E-state index contributed by atoms with van der Waals surface area (Å²) in [5.74, 6) is -1.72. The number of imide groups is 1. The zero-order valence-corrected chi connectivity index (χ0v) is 31.5. The van der Waals surface area contributed by atoms with Crippen LogP contribution in [0.3, 0.4) is 0 Å². The highest BCUT2D eigenvalue weighted by molar-refractivity contribution is 7.48. The van der Waals surface area contributed by atoms with Crippen LogP contribution in [0.5, 0.6) is 0 Å². The molecule has 0 spiro atoms. The molecule has 0 N–H and O–H groups in total. The predicted molar refractivity (Wildman–Crippen MR) is 194 cm³/mol. The Kier molecular flexibility index (Phi) is 16.8. The summed E-state index contributed by atoms with van der Waals surface area (Å²) in [7, 11) is -3.95. The molecule has 4 rings (SSSR count). The Balaban J connectivity index is 1.15. The van der Waals surface area contributed by atoms with Crippen molar-refractivity contribution in [1.82, 2.24) is 5.06 Å². The quantitative estimate of drug-likeness (QED) is 0.0432. The maximum Gasteiger partial charge on any atom is 0.475 e. The first-order valence-corrected chi connectivity index (χ1v) is 19.2. The first kappa shape index (κ1) is 42.0. The lowest BCUT2D eigenvalue weighted by Gasteiger charge is -2.36. The van der Waals surface area contributed by atoms with Crippen LogP contribution in [0.4, 0.5) is 0 Å². The van der Waals surface area contributed by atoms with Crippen molar-refractivity contribution in [2.75, 3.05) is 59.5 Å². The van der Waals surface area contributed by atoms with Gasteiger partial charge in [0, 0.05) is 19.4 Å². The Labute approximate surface area is 311 Å². The minimum absolute atomic E-state index is 0.00882. The van der Waals surface area contributed by atoms with E-state index in [2.05, 4.69) is 36.4 Å². The molecule has 0 saturated carbocycles. The largest absolute Gasteiger partial charge is 0.475 e. The third-order valence-electron chi connectivity index (χ3n) is 7.67. The minimum Gasteiger partial charge on any atom is -0.379 e. The van der Waals surface area contributed by atoms with E-state index in [-0.39, 0.29) is 78.7 Å². The van der Waals surface area contributed by atoms with Crippen molar-refractivity contribution in [1.29, 1.82) is 0 Å². The SMILES string of the molecule is CC(C)(C)OP(=O)(OCCOCCOCCCC(=O)ON1C(=O)CCC1=O)OCCOCCOC(c1ccccc1)(c1ccccc1)c1ccccc1. The zero-order valence-electron chi connectivity index (χ0n) is 30.6. The molecule has 1 aliphatic heterocycles. The molecule has 13 nitrogen and oxygen atoms in total. The molecule has 2 amide bonds. The lowest BCUT2D eigenvalue weighted by atomic mass is 9.80. The van der Waals surface area contributed by atoms with E-state index in [1.165, 1.54) is 0 Å². The number of nitrogens with zero attached hydrogens (tertiary/aromatic N) is 1. The van der Waals surface area contributed by atoms with Crippen molar-refractivity contribution in [3.8, 4) is 0 Å². The monoisotopic (exact) mass is 755 g/mol. The van der Waals surface area contributed by atoms with E-state index in [0.29, 0.717) is 11.5 Å². The maximum atomic E-state index is 13.4. The highest BCUT2D eigenvalue weighted by Crippen LogP contribution is 2.52. The van der Waals surface area contributed by atoms with Gasteiger partial charge in [-0.05, 0) is 43.9 Å². The van der Waals surface area contributed by atoms with Gasteiger partial charge in [-0.3, -0.25) is 23.2 Å². The molecule has 3 aromatic rings. The molecule has 1 unspecified atom stereocenters. The van der Waals surface area contributed by atoms with Gasteiger partial charge in [-0.25, -0.2) is 9.36 Å². The molecule has 3 aromatic carbocycles. The fourth-order valence-electron chi connectivity index (χ4n) is 5.41. The number of carbonyl (C=O) groups is 3. The topological polar surface area (TPSA) is 145 Å². The maximum absolute atomic E-state index is 13.4. The highest BCUT2D eigenvalue weighted by Gasteiger charge is 2.38. The van der Waals surface area contributed by atoms with Crippen molar-refractivity contribution < 1.29 is 56.3 Å². The molecule has 1 saturated heterocycles. The van der Waals surface area contributed by atoms with Gasteiger partial charge in [-0.15, -0.1) is 5.06 Å². The van der Waals surface area contributed by atoms with Crippen molar-refractivity contribution in [2.24, 2.45) is 0 Å². The fraction of sp³-hybridized carbons (Fsp3) is 0.462. The second-order valence-corrected chi connectivity index (χ2v) is 14.5. The van der Waals surface area contributed by atoms with Crippen molar-refractivity contribution in [3.63, 3.8) is 0 Å². The van der Waals surface area contributed by atoms with Crippen molar-refractivity contribution in [2.45, 2.75) is 57.7 Å². The normalized spacial score (nSPS) is 14.7. The van der Waals surface area contributed by atoms with Crippen LogP contribution in [0.1, 0.15) is 63.1 Å². The lowest BCUT2D eigenvalue weighted by Crippen LogP contribution is -2.34. The summed E-state index contributed by atoms with van der Waals surface area (Å²) in [5, 5.41) is 0.524. The summed E-state index contributed by atoms with van der Waals surface area (Å²) >= 11 is 0. The van der Waals surface area contributed by atoms with Crippen molar-refractivity contribution >= 4 is 25.6 Å². The van der Waals surface area contributed by atoms with E-state index in [1.807, 2.05) is 54.6 Å². The number of phosphoric acid groups is 1. The molecule has 288 valence electrons. The number of amides is 2. The molecule has 0 radical (unpaired) electrons. The molecule has 0 aliphatic carbocycles. The minimum atomic E-state index is -3.95. The third-order valence-corrected chi connectivity index (χ3v) is 9.44. The summed E-state index contributed by atoms with van der Waals surface area (Å²) in [6, 6.07) is 30.2. The van der Waals surface area contributed by atoms with Crippen LogP contribution < -0.4 is 0 Å². The third kappa shape index (κ3) is 13.5. The van der Waals surface area contributed by atoms with E-state index in [9.17, 15) is 18.9 Å². The molecule has 1 atom stereocenters. The van der Waals surface area contributed by atoms with Crippen LogP contribution in [0.15, 0.2) is 91.0 Å². The average molecular weight is 756 g/mol. The van der Waals surface area contributed by atoms with Gasteiger partial charge in [-0.1, -0.05) is 91.0 Å². The summed E-state index contributed by atoms with van der Waals surface area (Å²) in [5.41, 5.74) is 1.30. The predicted octanol–water partition coefficient (Wildman–Crippen LogP) is 6.39. The van der Waals surface area contributed by atoms with Gasteiger partial charge in [0.2, 0.25) is 0 Å². The molecular formula is C39H50NO12P. The Bertz CT molecular complexity index is 1490. The van der Waals surface area contributed by atoms with Gasteiger partial charge in [0.1, 0.15) is 5.60 Å². The van der Waals surface area contributed by atoms with Gasteiger partial charge < -0.3 is 23.8 Å². The molecule has 0 bridgehead atoms. The Morgan fingerprint density at radius 2 is 1.04 bits per heavy atom. The van der Waals surface area contributed by atoms with E-state index >= 15 is 0 Å². The number of hydrogen-bond acceptors (Lipinski definition) is 12. The second kappa shape index (κ2) is 21.2. The van der Waals surface area contributed by atoms with E-state index in [1.54, 1.807) is 20.8 Å². The number of phosphoric ester groups is 1. The fourth-order valence-corrected chi connectivity index (χ4v) is 6.86. The van der Waals surface area contributed by atoms with Crippen LogP contribution >= 0.6 is 7.82 Å². The van der Waals surface area contributed by atoms with Gasteiger partial charge in [0.15, 0.2) is 0 Å². The summed E-state index contributed by atoms with van der Waals surface area (Å²) in [4.78, 5) is 39.7. The lowest BCUT2D eigenvalue weighted by molar-refractivity contribution is -0.197. The summed E-state index contributed by atoms with van der Waals surface area (Å²) in [6.45, 7) is 6.62. The Morgan fingerprint density at radius 3 is 1.49 bits per heavy atom. The number of benzene rings is 3. The number of rotatable bonds is 24. The van der Waals surface area contributed by atoms with Crippen LogP contribution in [-0.4, -0.2) is 87.9 Å². The zero-order chi connectivity index (χ0) is 38.0. The van der Waals surface area contributed by atoms with E-state index < -0.39 is 36.8 Å². The summed E-state index contributed by atoms with van der Waals surface area (Å²) in [6.07, 6.45) is 0.423. The number of hydroxylamine groups is 2. The number of ether oxygens (including phenoxy) is 4. The number of hydrogen-bond donors (Lipinski definition) is 0. The van der Waals surface area contributed by atoms with Crippen LogP contribution in [0.25, 0.3) is 0 Å². The summed E-state index contributed by atoms with van der Waals surface area (Å²) < 4.78 is 53.7. The first-order chi connectivity index (χ1) is 25.5. The van der Waals surface area contributed by atoms with Crippen LogP contribution in [0.2, 0.25) is 0 Å². The molecule has 1 aliphatic rings. The van der Waals surface area contributed by atoms with Gasteiger partial charge in [0.25, 0.3) is 11.8 Å². The Hall–Kier alpha value is -3.78. The molecular weight excluding hydrogens is 705 g/mol. The average Bonchev–Trinajstić information content (AvgIpc) is 3.46. The molecule has 0 aromatic heterocycles. The van der Waals surface area contributed by atoms with Crippen LogP contribution in [0, 0.1) is 0 Å².